The molecule has 0 aliphatic carbocycles. The van der Waals surface area contributed by atoms with Gasteiger partial charge in [-0.15, -0.1) is 0 Å². The minimum Gasteiger partial charge on any atom is -0.481 e. The fraction of sp³-hybridized carbons (Fsp3) is 0.364. The average molecular weight is 219 g/mol. The molecule has 0 aromatic carbocycles. The van der Waals surface area contributed by atoms with E-state index < -0.39 is 11.9 Å². The molecule has 0 bridgehead atoms. The van der Waals surface area contributed by atoms with Crippen LogP contribution in [0.15, 0.2) is 18.3 Å². The summed E-state index contributed by atoms with van der Waals surface area (Å²) < 4.78 is 1.75. The van der Waals surface area contributed by atoms with Crippen molar-refractivity contribution in [2.45, 2.75) is 19.3 Å². The van der Waals surface area contributed by atoms with Gasteiger partial charge in [-0.05, 0) is 18.6 Å². The van der Waals surface area contributed by atoms with Crippen LogP contribution in [-0.4, -0.2) is 25.6 Å². The van der Waals surface area contributed by atoms with Gasteiger partial charge in [0.25, 0.3) is 0 Å². The van der Waals surface area contributed by atoms with Crippen LogP contribution in [0.4, 0.5) is 0 Å². The normalized spacial score (nSPS) is 12.9. The summed E-state index contributed by atoms with van der Waals surface area (Å²) in [4.78, 5) is 19.6. The van der Waals surface area contributed by atoms with E-state index in [1.807, 2.05) is 13.0 Å². The molecule has 1 atom stereocenters. The molecule has 1 N–H and O–H groups in total. The first-order valence-electron chi connectivity index (χ1n) is 5.15. The molecule has 0 saturated carbocycles. The maximum absolute atomic E-state index is 11.1. The second-order valence-corrected chi connectivity index (χ2v) is 3.67. The van der Waals surface area contributed by atoms with E-state index in [1.54, 1.807) is 23.9 Å². The van der Waals surface area contributed by atoms with Crippen LogP contribution in [0.5, 0.6) is 0 Å². The molecule has 2 aromatic heterocycles. The molecule has 5 heteroatoms. The number of imidazole rings is 1. The molecule has 0 aliphatic rings. The molecular weight excluding hydrogens is 206 g/mol. The number of hydrogen-bond donors (Lipinski definition) is 1. The van der Waals surface area contributed by atoms with E-state index in [9.17, 15) is 4.79 Å². The fourth-order valence-corrected chi connectivity index (χ4v) is 1.82. The fourth-order valence-electron chi connectivity index (χ4n) is 1.82. The molecule has 2 aromatic rings. The summed E-state index contributed by atoms with van der Waals surface area (Å²) in [5.41, 5.74) is 1.46. The summed E-state index contributed by atoms with van der Waals surface area (Å²) in [5, 5.41) is 9.10. The van der Waals surface area contributed by atoms with E-state index in [1.165, 1.54) is 0 Å². The summed E-state index contributed by atoms with van der Waals surface area (Å²) in [5.74, 6) is -0.858. The Hall–Kier alpha value is -1.91. The Morgan fingerprint density at radius 3 is 2.94 bits per heavy atom. The lowest BCUT2D eigenvalue weighted by atomic mass is 10.1. The van der Waals surface area contributed by atoms with Gasteiger partial charge in [0.2, 0.25) is 0 Å². The molecule has 0 saturated heterocycles. The molecule has 0 aliphatic heterocycles. The maximum atomic E-state index is 11.1. The number of pyridine rings is 1. The van der Waals surface area contributed by atoms with Gasteiger partial charge in [-0.2, -0.15) is 0 Å². The average Bonchev–Trinajstić information content (AvgIpc) is 2.58. The quantitative estimate of drug-likeness (QED) is 0.850. The Kier molecular flexibility index (Phi) is 2.60. The SMILES string of the molecule is CCC(C(=O)O)c1nc2cccnc2n1C. The standard InChI is InChI=1S/C11H13N3O2/c1-3-7(11(15)16)9-13-8-5-4-6-12-10(8)14(9)2/h4-7H,3H2,1-2H3,(H,15,16). The first-order valence-corrected chi connectivity index (χ1v) is 5.15. The van der Waals surface area contributed by atoms with E-state index in [2.05, 4.69) is 9.97 Å². The van der Waals surface area contributed by atoms with Crippen molar-refractivity contribution in [2.24, 2.45) is 7.05 Å². The first kappa shape index (κ1) is 10.6. The van der Waals surface area contributed by atoms with Crippen molar-refractivity contribution in [3.63, 3.8) is 0 Å². The number of rotatable bonds is 3. The third kappa shape index (κ3) is 1.54. The number of aromatic nitrogens is 3. The lowest BCUT2D eigenvalue weighted by Gasteiger charge is -2.08. The lowest BCUT2D eigenvalue weighted by Crippen LogP contribution is -2.15. The number of fused-ring (bicyclic) bond motifs is 1. The largest absolute Gasteiger partial charge is 0.481 e. The van der Waals surface area contributed by atoms with Crippen molar-refractivity contribution in [3.05, 3.63) is 24.2 Å². The molecular formula is C11H13N3O2. The number of nitrogens with zero attached hydrogens (tertiary/aromatic N) is 3. The van der Waals surface area contributed by atoms with Crippen molar-refractivity contribution < 1.29 is 9.90 Å². The van der Waals surface area contributed by atoms with Crippen LogP contribution in [0.25, 0.3) is 11.2 Å². The Labute approximate surface area is 92.8 Å². The number of carbonyl (C=O) groups is 1. The predicted molar refractivity (Wildman–Crippen MR) is 59.2 cm³/mol. The van der Waals surface area contributed by atoms with Crippen molar-refractivity contribution >= 4 is 17.1 Å². The van der Waals surface area contributed by atoms with Crippen LogP contribution in [0.2, 0.25) is 0 Å². The van der Waals surface area contributed by atoms with Gasteiger partial charge in [0.1, 0.15) is 17.3 Å². The Bertz CT molecular complexity index is 533. The molecule has 1 unspecified atom stereocenters. The van der Waals surface area contributed by atoms with Crippen molar-refractivity contribution in [1.82, 2.24) is 14.5 Å². The van der Waals surface area contributed by atoms with Crippen LogP contribution in [-0.2, 0) is 11.8 Å². The van der Waals surface area contributed by atoms with Crippen LogP contribution in [0, 0.1) is 0 Å². The van der Waals surface area contributed by atoms with Gasteiger partial charge in [-0.1, -0.05) is 6.92 Å². The molecule has 16 heavy (non-hydrogen) atoms. The highest BCUT2D eigenvalue weighted by molar-refractivity contribution is 5.78. The third-order valence-electron chi connectivity index (χ3n) is 2.68. The molecule has 84 valence electrons. The zero-order valence-electron chi connectivity index (χ0n) is 9.21. The summed E-state index contributed by atoms with van der Waals surface area (Å²) in [6, 6.07) is 3.63. The minimum absolute atomic E-state index is 0.520. The maximum Gasteiger partial charge on any atom is 0.314 e. The summed E-state index contributed by atoms with van der Waals surface area (Å²) >= 11 is 0. The van der Waals surface area contributed by atoms with Gasteiger partial charge in [-0.3, -0.25) is 4.79 Å². The zero-order chi connectivity index (χ0) is 11.7. The monoisotopic (exact) mass is 219 g/mol. The summed E-state index contributed by atoms with van der Waals surface area (Å²) in [6.45, 7) is 1.84. The topological polar surface area (TPSA) is 68.0 Å². The van der Waals surface area contributed by atoms with Crippen LogP contribution in [0.1, 0.15) is 25.1 Å². The van der Waals surface area contributed by atoms with Crippen LogP contribution >= 0.6 is 0 Å². The molecule has 0 spiro atoms. The summed E-state index contributed by atoms with van der Waals surface area (Å²) in [6.07, 6.45) is 2.20. The van der Waals surface area contributed by atoms with Crippen LogP contribution in [0.3, 0.4) is 0 Å². The minimum atomic E-state index is -0.846. The van der Waals surface area contributed by atoms with Crippen LogP contribution < -0.4 is 0 Å². The Balaban J connectivity index is 2.60. The van der Waals surface area contributed by atoms with Gasteiger partial charge in [0, 0.05) is 13.2 Å². The summed E-state index contributed by atoms with van der Waals surface area (Å²) in [7, 11) is 1.79. The molecule has 0 radical (unpaired) electrons. The Morgan fingerprint density at radius 2 is 2.38 bits per heavy atom. The third-order valence-corrected chi connectivity index (χ3v) is 2.68. The van der Waals surface area contributed by atoms with E-state index in [4.69, 9.17) is 5.11 Å². The number of hydrogen-bond acceptors (Lipinski definition) is 3. The highest BCUT2D eigenvalue weighted by Crippen LogP contribution is 2.22. The molecule has 2 heterocycles. The highest BCUT2D eigenvalue weighted by atomic mass is 16.4. The first-order chi connectivity index (χ1) is 7.65. The predicted octanol–water partition coefficient (Wildman–Crippen LogP) is 1.55. The number of carboxylic acid groups (broad SMARTS) is 1. The van der Waals surface area contributed by atoms with E-state index in [0.29, 0.717) is 12.2 Å². The van der Waals surface area contributed by atoms with E-state index >= 15 is 0 Å². The second-order valence-electron chi connectivity index (χ2n) is 3.67. The van der Waals surface area contributed by atoms with E-state index in [0.717, 1.165) is 11.2 Å². The smallest absolute Gasteiger partial charge is 0.314 e. The lowest BCUT2D eigenvalue weighted by molar-refractivity contribution is -0.139. The number of aliphatic carboxylic acids is 1. The highest BCUT2D eigenvalue weighted by Gasteiger charge is 2.23. The van der Waals surface area contributed by atoms with Gasteiger partial charge < -0.3 is 9.67 Å². The van der Waals surface area contributed by atoms with Gasteiger partial charge >= 0.3 is 5.97 Å². The van der Waals surface area contributed by atoms with Crippen molar-refractivity contribution in [2.75, 3.05) is 0 Å². The zero-order valence-corrected chi connectivity index (χ0v) is 9.21. The van der Waals surface area contributed by atoms with Gasteiger partial charge in [0.15, 0.2) is 5.65 Å². The van der Waals surface area contributed by atoms with Crippen molar-refractivity contribution in [3.8, 4) is 0 Å². The van der Waals surface area contributed by atoms with Gasteiger partial charge in [0.05, 0.1) is 0 Å². The molecule has 5 nitrogen and oxygen atoms in total. The van der Waals surface area contributed by atoms with Gasteiger partial charge in [-0.25, -0.2) is 9.97 Å². The number of carboxylic acids is 1. The van der Waals surface area contributed by atoms with Crippen molar-refractivity contribution in [1.29, 1.82) is 0 Å². The Morgan fingerprint density at radius 1 is 1.62 bits per heavy atom. The number of aryl methyl sites for hydroxylation is 1. The molecule has 2 rings (SSSR count). The molecule has 0 amide bonds. The molecule has 0 fully saturated rings. The second kappa shape index (κ2) is 3.92. The van der Waals surface area contributed by atoms with E-state index in [-0.39, 0.29) is 0 Å².